The first kappa shape index (κ1) is 12.4. The van der Waals surface area contributed by atoms with Gasteiger partial charge in [-0.2, -0.15) is 0 Å². The van der Waals surface area contributed by atoms with Gasteiger partial charge in [0.2, 0.25) is 5.91 Å². The Bertz CT molecular complexity index is 325. The van der Waals surface area contributed by atoms with Crippen LogP contribution in [-0.4, -0.2) is 61.0 Å². The van der Waals surface area contributed by atoms with Crippen LogP contribution < -0.4 is 5.32 Å². The summed E-state index contributed by atoms with van der Waals surface area (Å²) < 4.78 is 0. The fourth-order valence-corrected chi connectivity index (χ4v) is 3.92. The second-order valence-electron chi connectivity index (χ2n) is 6.37. The summed E-state index contributed by atoms with van der Waals surface area (Å²) in [7, 11) is 4.18. The van der Waals surface area contributed by atoms with Crippen molar-refractivity contribution in [3.05, 3.63) is 0 Å². The van der Waals surface area contributed by atoms with Gasteiger partial charge < -0.3 is 15.1 Å². The quantitative estimate of drug-likeness (QED) is 0.784. The molecule has 0 aliphatic carbocycles. The second kappa shape index (κ2) is 4.82. The van der Waals surface area contributed by atoms with Gasteiger partial charge in [-0.15, -0.1) is 0 Å². The molecule has 3 saturated heterocycles. The van der Waals surface area contributed by atoms with Gasteiger partial charge in [0.15, 0.2) is 0 Å². The van der Waals surface area contributed by atoms with Crippen LogP contribution in [0, 0.1) is 5.92 Å². The molecular formula is C14H25N3O. The van der Waals surface area contributed by atoms with Crippen LogP contribution in [-0.2, 0) is 4.79 Å². The van der Waals surface area contributed by atoms with Crippen molar-refractivity contribution in [1.82, 2.24) is 15.1 Å². The Morgan fingerprint density at radius 1 is 1.22 bits per heavy atom. The number of piperidine rings is 1. The number of carbonyl (C=O) groups excluding carboxylic acids is 1. The maximum atomic E-state index is 12.6. The molecule has 1 amide bonds. The molecule has 3 fully saturated rings. The van der Waals surface area contributed by atoms with Gasteiger partial charge in [-0.3, -0.25) is 4.79 Å². The van der Waals surface area contributed by atoms with E-state index in [2.05, 4.69) is 22.2 Å². The van der Waals surface area contributed by atoms with Crippen molar-refractivity contribution in [3.8, 4) is 0 Å². The predicted octanol–water partition coefficient (Wildman–Crippen LogP) is 0.680. The van der Waals surface area contributed by atoms with E-state index in [-0.39, 0.29) is 5.92 Å². The summed E-state index contributed by atoms with van der Waals surface area (Å²) >= 11 is 0. The van der Waals surface area contributed by atoms with E-state index in [1.807, 2.05) is 7.05 Å². The Hall–Kier alpha value is -0.610. The molecule has 3 unspecified atom stereocenters. The largest absolute Gasteiger partial charge is 0.342 e. The summed E-state index contributed by atoms with van der Waals surface area (Å²) in [6.07, 6.45) is 5.80. The summed E-state index contributed by atoms with van der Waals surface area (Å²) in [5, 5.41) is 3.57. The minimum Gasteiger partial charge on any atom is -0.342 e. The number of nitrogens with one attached hydrogen (secondary N) is 1. The molecule has 1 N–H and O–H groups in total. The van der Waals surface area contributed by atoms with Crippen molar-refractivity contribution < 1.29 is 4.79 Å². The lowest BCUT2D eigenvalue weighted by Gasteiger charge is -2.37. The van der Waals surface area contributed by atoms with Gasteiger partial charge in [-0.1, -0.05) is 0 Å². The highest BCUT2D eigenvalue weighted by Crippen LogP contribution is 2.34. The van der Waals surface area contributed by atoms with E-state index in [4.69, 9.17) is 0 Å². The molecule has 3 aliphatic rings. The molecule has 4 nitrogen and oxygen atoms in total. The van der Waals surface area contributed by atoms with Crippen LogP contribution in [0.4, 0.5) is 0 Å². The average Bonchev–Trinajstić information content (AvgIpc) is 3.00. The van der Waals surface area contributed by atoms with E-state index in [9.17, 15) is 4.79 Å². The molecule has 0 aromatic carbocycles. The molecule has 102 valence electrons. The first-order valence-electron chi connectivity index (χ1n) is 7.36. The molecule has 0 saturated carbocycles. The van der Waals surface area contributed by atoms with Gasteiger partial charge in [0.25, 0.3) is 0 Å². The number of hydrogen-bond acceptors (Lipinski definition) is 3. The molecule has 0 aromatic heterocycles. The van der Waals surface area contributed by atoms with Crippen molar-refractivity contribution in [2.24, 2.45) is 5.92 Å². The Morgan fingerprint density at radius 3 is 2.50 bits per heavy atom. The number of amides is 1. The summed E-state index contributed by atoms with van der Waals surface area (Å²) in [6.45, 7) is 2.24. The highest BCUT2D eigenvalue weighted by atomic mass is 16.2. The van der Waals surface area contributed by atoms with E-state index in [1.165, 1.54) is 12.8 Å². The summed E-state index contributed by atoms with van der Waals surface area (Å²) in [6, 6.07) is 1.55. The Kier molecular flexibility index (Phi) is 3.32. The molecule has 3 rings (SSSR count). The third-order valence-corrected chi connectivity index (χ3v) is 5.20. The average molecular weight is 251 g/mol. The molecular weight excluding hydrogens is 226 g/mol. The van der Waals surface area contributed by atoms with Gasteiger partial charge >= 0.3 is 0 Å². The summed E-state index contributed by atoms with van der Waals surface area (Å²) in [5.41, 5.74) is 0. The molecule has 18 heavy (non-hydrogen) atoms. The van der Waals surface area contributed by atoms with Gasteiger partial charge in [-0.05, 0) is 52.2 Å². The highest BCUT2D eigenvalue weighted by molar-refractivity contribution is 5.80. The zero-order chi connectivity index (χ0) is 12.7. The summed E-state index contributed by atoms with van der Waals surface area (Å²) in [4.78, 5) is 17.0. The van der Waals surface area contributed by atoms with Crippen LogP contribution in [0.5, 0.6) is 0 Å². The standard InChI is InChI=1S/C14H25N3O/c1-16-7-5-11(6-8-16)17(2)14(18)12-9-10-3-4-13(12)15-10/h10-13,15H,3-9H2,1-2H3. The third-order valence-electron chi connectivity index (χ3n) is 5.20. The number of fused-ring (bicyclic) bond motifs is 2. The number of hydrogen-bond donors (Lipinski definition) is 1. The van der Waals surface area contributed by atoms with Crippen LogP contribution >= 0.6 is 0 Å². The SMILES string of the molecule is CN1CCC(N(C)C(=O)C2CC3CCC2N3)CC1. The van der Waals surface area contributed by atoms with Crippen molar-refractivity contribution in [3.63, 3.8) is 0 Å². The maximum absolute atomic E-state index is 12.6. The van der Waals surface area contributed by atoms with Gasteiger partial charge in [0, 0.05) is 25.2 Å². The maximum Gasteiger partial charge on any atom is 0.227 e. The van der Waals surface area contributed by atoms with Crippen LogP contribution in [0.25, 0.3) is 0 Å². The predicted molar refractivity (Wildman–Crippen MR) is 71.3 cm³/mol. The Balaban J connectivity index is 1.59. The zero-order valence-electron chi connectivity index (χ0n) is 11.6. The Morgan fingerprint density at radius 2 is 1.94 bits per heavy atom. The fraction of sp³-hybridized carbons (Fsp3) is 0.929. The minimum atomic E-state index is 0.258. The lowest BCUT2D eigenvalue weighted by atomic mass is 9.87. The van der Waals surface area contributed by atoms with Crippen LogP contribution in [0.15, 0.2) is 0 Å². The fourth-order valence-electron chi connectivity index (χ4n) is 3.92. The van der Waals surface area contributed by atoms with E-state index in [0.29, 0.717) is 24.0 Å². The zero-order valence-corrected chi connectivity index (χ0v) is 11.6. The molecule has 3 heterocycles. The molecule has 0 spiro atoms. The highest BCUT2D eigenvalue weighted by Gasteiger charge is 2.44. The molecule has 0 aromatic rings. The van der Waals surface area contributed by atoms with Gasteiger partial charge in [-0.25, -0.2) is 0 Å². The van der Waals surface area contributed by atoms with E-state index < -0.39 is 0 Å². The number of nitrogens with zero attached hydrogens (tertiary/aromatic N) is 2. The molecule has 3 aliphatic heterocycles. The Labute approximate surface area is 110 Å². The lowest BCUT2D eigenvalue weighted by molar-refractivity contribution is -0.137. The number of carbonyl (C=O) groups is 1. The first-order chi connectivity index (χ1) is 8.65. The molecule has 4 heteroatoms. The number of likely N-dealkylation sites (tertiary alicyclic amines) is 1. The van der Waals surface area contributed by atoms with Crippen LogP contribution in [0.2, 0.25) is 0 Å². The second-order valence-corrected chi connectivity index (χ2v) is 6.37. The molecule has 0 radical (unpaired) electrons. The topological polar surface area (TPSA) is 35.6 Å². The van der Waals surface area contributed by atoms with Gasteiger partial charge in [0.05, 0.1) is 5.92 Å². The summed E-state index contributed by atoms with van der Waals surface area (Å²) in [5.74, 6) is 0.651. The van der Waals surface area contributed by atoms with Crippen LogP contribution in [0.1, 0.15) is 32.1 Å². The van der Waals surface area contributed by atoms with Crippen molar-refractivity contribution in [1.29, 1.82) is 0 Å². The van der Waals surface area contributed by atoms with Crippen LogP contribution in [0.3, 0.4) is 0 Å². The van der Waals surface area contributed by atoms with E-state index in [1.54, 1.807) is 0 Å². The van der Waals surface area contributed by atoms with Gasteiger partial charge in [0.1, 0.15) is 0 Å². The number of rotatable bonds is 2. The van der Waals surface area contributed by atoms with Crippen molar-refractivity contribution in [2.45, 2.75) is 50.2 Å². The van der Waals surface area contributed by atoms with Crippen molar-refractivity contribution >= 4 is 5.91 Å². The van der Waals surface area contributed by atoms with Crippen molar-refractivity contribution in [2.75, 3.05) is 27.2 Å². The monoisotopic (exact) mass is 251 g/mol. The molecule has 2 bridgehead atoms. The third kappa shape index (κ3) is 2.16. The lowest BCUT2D eigenvalue weighted by Crippen LogP contribution is -2.48. The van der Waals surface area contributed by atoms with E-state index >= 15 is 0 Å². The smallest absolute Gasteiger partial charge is 0.227 e. The normalized spacial score (nSPS) is 37.1. The molecule has 3 atom stereocenters. The first-order valence-corrected chi connectivity index (χ1v) is 7.36. The minimum absolute atomic E-state index is 0.258. The van der Waals surface area contributed by atoms with E-state index in [0.717, 1.165) is 32.4 Å².